The number of ether oxygens (including phenoxy) is 1. The predicted molar refractivity (Wildman–Crippen MR) is 60.7 cm³/mol. The van der Waals surface area contributed by atoms with Crippen molar-refractivity contribution < 1.29 is 4.74 Å². The second-order valence-corrected chi connectivity index (χ2v) is 4.77. The summed E-state index contributed by atoms with van der Waals surface area (Å²) in [6.07, 6.45) is 0.997. The Morgan fingerprint density at radius 1 is 1.54 bits per heavy atom. The van der Waals surface area contributed by atoms with Crippen LogP contribution in [0.5, 0.6) is 5.75 Å². The summed E-state index contributed by atoms with van der Waals surface area (Å²) in [5.41, 5.74) is 2.46. The van der Waals surface area contributed by atoms with Gasteiger partial charge in [0.15, 0.2) is 0 Å². The third-order valence-corrected chi connectivity index (χ3v) is 3.69. The average Bonchev–Trinajstić information content (AvgIpc) is 2.09. The number of fused-ring (bicyclic) bond motifs is 1. The van der Waals surface area contributed by atoms with Gasteiger partial charge in [-0.1, -0.05) is 22.0 Å². The first-order valence-electron chi connectivity index (χ1n) is 4.29. The van der Waals surface area contributed by atoms with E-state index in [1.165, 1.54) is 11.1 Å². The van der Waals surface area contributed by atoms with Gasteiger partial charge in [0, 0.05) is 15.3 Å². The van der Waals surface area contributed by atoms with Crippen LogP contribution in [0.4, 0.5) is 0 Å². The molecule has 70 valence electrons. The molecule has 0 bridgehead atoms. The molecular weight excluding hydrogens is 248 g/mol. The zero-order valence-corrected chi connectivity index (χ0v) is 9.86. The molecule has 0 saturated heterocycles. The molecule has 0 amide bonds. The number of hydrogen-bond acceptors (Lipinski definition) is 2. The van der Waals surface area contributed by atoms with Crippen LogP contribution < -0.4 is 4.74 Å². The Bertz CT molecular complexity index is 338. The van der Waals surface area contributed by atoms with Gasteiger partial charge in [0.05, 0.1) is 6.61 Å². The van der Waals surface area contributed by atoms with E-state index in [1.807, 2.05) is 6.07 Å². The van der Waals surface area contributed by atoms with Crippen molar-refractivity contribution >= 4 is 28.6 Å². The first-order valence-corrected chi connectivity index (χ1v) is 5.60. The van der Waals surface area contributed by atoms with Gasteiger partial charge in [-0.2, -0.15) is 12.6 Å². The minimum Gasteiger partial charge on any atom is -0.493 e. The Balaban J connectivity index is 2.52. The summed E-state index contributed by atoms with van der Waals surface area (Å²) in [7, 11) is 0. The Kier molecular flexibility index (Phi) is 2.56. The van der Waals surface area contributed by atoms with Crippen molar-refractivity contribution in [3.63, 3.8) is 0 Å². The lowest BCUT2D eigenvalue weighted by Gasteiger charge is -2.23. The maximum absolute atomic E-state index is 5.55. The van der Waals surface area contributed by atoms with Crippen molar-refractivity contribution in [2.45, 2.75) is 18.6 Å². The molecule has 13 heavy (non-hydrogen) atoms. The van der Waals surface area contributed by atoms with Gasteiger partial charge in [-0.25, -0.2) is 0 Å². The highest BCUT2D eigenvalue weighted by molar-refractivity contribution is 9.10. The predicted octanol–water partition coefficient (Wildman–Crippen LogP) is 3.51. The molecule has 0 saturated carbocycles. The number of thiol groups is 1. The van der Waals surface area contributed by atoms with E-state index >= 15 is 0 Å². The fraction of sp³-hybridized carbons (Fsp3) is 0.400. The normalized spacial score (nSPS) is 20.7. The molecule has 1 aliphatic rings. The average molecular weight is 259 g/mol. The topological polar surface area (TPSA) is 9.23 Å². The number of halogens is 1. The third kappa shape index (κ3) is 1.72. The Hall–Kier alpha value is -0.150. The van der Waals surface area contributed by atoms with Gasteiger partial charge < -0.3 is 4.74 Å². The fourth-order valence-corrected chi connectivity index (χ4v) is 2.14. The highest BCUT2D eigenvalue weighted by Crippen LogP contribution is 2.38. The van der Waals surface area contributed by atoms with E-state index in [2.05, 4.69) is 41.5 Å². The Labute approximate surface area is 92.0 Å². The summed E-state index contributed by atoms with van der Waals surface area (Å²) in [6.45, 7) is 2.86. The van der Waals surface area contributed by atoms with Gasteiger partial charge in [-0.3, -0.25) is 0 Å². The number of rotatable bonds is 0. The Morgan fingerprint density at radius 2 is 2.31 bits per heavy atom. The maximum Gasteiger partial charge on any atom is 0.124 e. The molecule has 0 aromatic heterocycles. The van der Waals surface area contributed by atoms with Gasteiger partial charge in [-0.15, -0.1) is 0 Å². The van der Waals surface area contributed by atoms with Crippen LogP contribution >= 0.6 is 28.6 Å². The van der Waals surface area contributed by atoms with Gasteiger partial charge in [0.2, 0.25) is 0 Å². The molecule has 1 unspecified atom stereocenters. The van der Waals surface area contributed by atoms with Gasteiger partial charge >= 0.3 is 0 Å². The van der Waals surface area contributed by atoms with Crippen LogP contribution in [0.3, 0.4) is 0 Å². The molecule has 0 fully saturated rings. The van der Waals surface area contributed by atoms with Crippen LogP contribution in [0.25, 0.3) is 0 Å². The van der Waals surface area contributed by atoms with Crippen LogP contribution in [-0.2, 0) is 0 Å². The first kappa shape index (κ1) is 9.41. The summed E-state index contributed by atoms with van der Waals surface area (Å²) in [5, 5.41) is 0.329. The summed E-state index contributed by atoms with van der Waals surface area (Å²) in [6, 6.07) is 4.18. The van der Waals surface area contributed by atoms with Crippen molar-refractivity contribution in [1.82, 2.24) is 0 Å². The molecule has 1 nitrogen and oxygen atoms in total. The second kappa shape index (κ2) is 3.54. The first-order chi connectivity index (χ1) is 6.18. The second-order valence-electron chi connectivity index (χ2n) is 3.29. The van der Waals surface area contributed by atoms with Crippen LogP contribution in [-0.4, -0.2) is 6.61 Å². The molecule has 1 aromatic carbocycles. The van der Waals surface area contributed by atoms with E-state index in [4.69, 9.17) is 4.74 Å². The number of benzene rings is 1. The zero-order valence-electron chi connectivity index (χ0n) is 7.38. The molecule has 0 N–H and O–H groups in total. The Morgan fingerprint density at radius 3 is 3.08 bits per heavy atom. The van der Waals surface area contributed by atoms with E-state index in [0.717, 1.165) is 23.2 Å². The monoisotopic (exact) mass is 258 g/mol. The van der Waals surface area contributed by atoms with Gasteiger partial charge in [0.25, 0.3) is 0 Å². The molecule has 0 spiro atoms. The van der Waals surface area contributed by atoms with Crippen LogP contribution in [0.15, 0.2) is 16.6 Å². The quantitative estimate of drug-likeness (QED) is 0.701. The van der Waals surface area contributed by atoms with Crippen LogP contribution in [0.1, 0.15) is 22.8 Å². The van der Waals surface area contributed by atoms with E-state index in [-0.39, 0.29) is 0 Å². The highest BCUT2D eigenvalue weighted by atomic mass is 79.9. The minimum atomic E-state index is 0.329. The van der Waals surface area contributed by atoms with Crippen molar-refractivity contribution in [2.75, 3.05) is 6.61 Å². The van der Waals surface area contributed by atoms with Crippen molar-refractivity contribution in [2.24, 2.45) is 0 Å². The van der Waals surface area contributed by atoms with E-state index in [9.17, 15) is 0 Å². The highest BCUT2D eigenvalue weighted by Gasteiger charge is 2.19. The molecule has 2 rings (SSSR count). The molecule has 0 radical (unpaired) electrons. The maximum atomic E-state index is 5.55. The zero-order chi connectivity index (χ0) is 9.42. The van der Waals surface area contributed by atoms with E-state index in [0.29, 0.717) is 5.25 Å². The smallest absolute Gasteiger partial charge is 0.124 e. The minimum absolute atomic E-state index is 0.329. The lowest BCUT2D eigenvalue weighted by atomic mass is 10.0. The van der Waals surface area contributed by atoms with E-state index in [1.54, 1.807) is 0 Å². The standard InChI is InChI=1S/C10H11BrOS/c1-6-4-7-9(5-8(6)11)12-3-2-10(7)13/h4-5,10,13H,2-3H2,1H3. The molecule has 1 aliphatic heterocycles. The van der Waals surface area contributed by atoms with Crippen molar-refractivity contribution in [1.29, 1.82) is 0 Å². The lowest BCUT2D eigenvalue weighted by Crippen LogP contribution is -2.10. The fourth-order valence-electron chi connectivity index (χ4n) is 1.51. The largest absolute Gasteiger partial charge is 0.493 e. The molecule has 1 heterocycles. The molecule has 3 heteroatoms. The van der Waals surface area contributed by atoms with Crippen molar-refractivity contribution in [3.8, 4) is 5.75 Å². The summed E-state index contributed by atoms with van der Waals surface area (Å²) >= 11 is 8.02. The lowest BCUT2D eigenvalue weighted by molar-refractivity contribution is 0.286. The molecular formula is C10H11BrOS. The van der Waals surface area contributed by atoms with Crippen molar-refractivity contribution in [3.05, 3.63) is 27.7 Å². The molecule has 1 atom stereocenters. The third-order valence-electron chi connectivity index (χ3n) is 2.30. The summed E-state index contributed by atoms with van der Waals surface area (Å²) < 4.78 is 6.66. The molecule has 0 aliphatic carbocycles. The SMILES string of the molecule is Cc1cc2c(cc1Br)OCCC2S. The van der Waals surface area contributed by atoms with Crippen LogP contribution in [0.2, 0.25) is 0 Å². The van der Waals surface area contributed by atoms with Gasteiger partial charge in [-0.05, 0) is 25.0 Å². The summed E-state index contributed by atoms with van der Waals surface area (Å²) in [4.78, 5) is 0. The number of hydrogen-bond donors (Lipinski definition) is 1. The summed E-state index contributed by atoms with van der Waals surface area (Å²) in [5.74, 6) is 0.976. The van der Waals surface area contributed by atoms with E-state index < -0.39 is 0 Å². The number of aryl methyl sites for hydroxylation is 1. The molecule has 1 aromatic rings. The van der Waals surface area contributed by atoms with Gasteiger partial charge in [0.1, 0.15) is 5.75 Å². The van der Waals surface area contributed by atoms with Crippen LogP contribution in [0, 0.1) is 6.92 Å².